The molecule has 6 heteroatoms. The first-order valence-corrected chi connectivity index (χ1v) is 7.84. The van der Waals surface area contributed by atoms with Gasteiger partial charge < -0.3 is 10.6 Å². The van der Waals surface area contributed by atoms with Crippen LogP contribution in [0.15, 0.2) is 24.3 Å². The van der Waals surface area contributed by atoms with E-state index in [0.717, 1.165) is 29.8 Å². The maximum atomic E-state index is 13.3. The summed E-state index contributed by atoms with van der Waals surface area (Å²) in [7, 11) is 0. The minimum Gasteiger partial charge on any atom is -0.338 e. The maximum absolute atomic E-state index is 13.3. The molecule has 23 heavy (non-hydrogen) atoms. The van der Waals surface area contributed by atoms with E-state index in [1.165, 1.54) is 12.1 Å². The van der Waals surface area contributed by atoms with Gasteiger partial charge in [0.1, 0.15) is 5.82 Å². The van der Waals surface area contributed by atoms with Gasteiger partial charge in [0.15, 0.2) is 0 Å². The smallest absolute Gasteiger partial charge is 0.319 e. The summed E-state index contributed by atoms with van der Waals surface area (Å²) in [6.07, 6.45) is 1.98. The number of halogens is 1. The average molecular weight is 318 g/mol. The summed E-state index contributed by atoms with van der Waals surface area (Å²) >= 11 is 0. The molecule has 0 fully saturated rings. The molecule has 1 heterocycles. The molecule has 2 aromatic rings. The van der Waals surface area contributed by atoms with Gasteiger partial charge >= 0.3 is 6.03 Å². The van der Waals surface area contributed by atoms with E-state index < -0.39 is 0 Å². The number of unbranched alkanes of at least 4 members (excludes halogenated alkanes) is 1. The lowest BCUT2D eigenvalue weighted by Gasteiger charge is -2.08. The van der Waals surface area contributed by atoms with Crippen molar-refractivity contribution in [3.63, 3.8) is 0 Å². The predicted octanol–water partition coefficient (Wildman–Crippen LogP) is 3.61. The second kappa shape index (κ2) is 7.76. The number of benzene rings is 1. The van der Waals surface area contributed by atoms with Crippen molar-refractivity contribution >= 4 is 11.7 Å². The molecule has 0 aliphatic carbocycles. The Labute approximate surface area is 135 Å². The van der Waals surface area contributed by atoms with Crippen molar-refractivity contribution in [2.24, 2.45) is 0 Å². The highest BCUT2D eigenvalue weighted by Gasteiger charge is 2.14. The third-order valence-electron chi connectivity index (χ3n) is 3.66. The van der Waals surface area contributed by atoms with E-state index in [4.69, 9.17) is 0 Å². The van der Waals surface area contributed by atoms with Gasteiger partial charge in [-0.2, -0.15) is 5.10 Å². The maximum Gasteiger partial charge on any atom is 0.319 e. The van der Waals surface area contributed by atoms with Crippen LogP contribution < -0.4 is 10.6 Å². The van der Waals surface area contributed by atoms with Crippen LogP contribution in [0, 0.1) is 19.7 Å². The number of amides is 2. The first-order chi connectivity index (χ1) is 11.0. The number of hydrogen-bond acceptors (Lipinski definition) is 2. The number of aryl methyl sites for hydroxylation is 1. The van der Waals surface area contributed by atoms with Gasteiger partial charge in [0.25, 0.3) is 0 Å². The molecule has 5 nitrogen and oxygen atoms in total. The Morgan fingerprint density at radius 2 is 2.13 bits per heavy atom. The van der Waals surface area contributed by atoms with E-state index in [0.29, 0.717) is 18.8 Å². The summed E-state index contributed by atoms with van der Waals surface area (Å²) in [6.45, 7) is 6.92. The Hall–Kier alpha value is -2.37. The van der Waals surface area contributed by atoms with Gasteiger partial charge in [-0.05, 0) is 38.0 Å². The van der Waals surface area contributed by atoms with Crippen LogP contribution in [-0.2, 0) is 6.54 Å². The molecule has 0 spiro atoms. The number of aromatic nitrogens is 2. The topological polar surface area (TPSA) is 59.0 Å². The van der Waals surface area contributed by atoms with E-state index in [1.54, 1.807) is 10.7 Å². The summed E-state index contributed by atoms with van der Waals surface area (Å²) < 4.78 is 15.0. The monoisotopic (exact) mass is 318 g/mol. The first-order valence-electron chi connectivity index (χ1n) is 7.84. The fourth-order valence-electron chi connectivity index (χ4n) is 2.38. The van der Waals surface area contributed by atoms with Crippen LogP contribution in [0.5, 0.6) is 0 Å². The SMILES string of the molecule is CCCCNC(=O)Nc1c(C)nn(Cc2cccc(F)c2)c1C. The third-order valence-corrected chi connectivity index (χ3v) is 3.66. The van der Waals surface area contributed by atoms with Gasteiger partial charge in [-0.1, -0.05) is 25.5 Å². The van der Waals surface area contributed by atoms with Crippen LogP contribution in [0.25, 0.3) is 0 Å². The second-order valence-corrected chi connectivity index (χ2v) is 5.57. The van der Waals surface area contributed by atoms with Gasteiger partial charge in [0, 0.05) is 6.54 Å². The minimum absolute atomic E-state index is 0.227. The minimum atomic E-state index is -0.266. The lowest BCUT2D eigenvalue weighted by Crippen LogP contribution is -2.29. The van der Waals surface area contributed by atoms with Crippen LogP contribution in [0.3, 0.4) is 0 Å². The van der Waals surface area contributed by atoms with Crippen molar-refractivity contribution in [3.8, 4) is 0 Å². The van der Waals surface area contributed by atoms with Crippen LogP contribution in [-0.4, -0.2) is 22.4 Å². The molecular formula is C17H23FN4O. The number of nitrogens with one attached hydrogen (secondary N) is 2. The number of urea groups is 1. The molecule has 0 atom stereocenters. The van der Waals surface area contributed by atoms with Gasteiger partial charge in [-0.25, -0.2) is 9.18 Å². The highest BCUT2D eigenvalue weighted by atomic mass is 19.1. The van der Waals surface area contributed by atoms with Gasteiger partial charge in [0.2, 0.25) is 0 Å². The Balaban J connectivity index is 2.08. The normalized spacial score (nSPS) is 10.6. The second-order valence-electron chi connectivity index (χ2n) is 5.57. The number of hydrogen-bond donors (Lipinski definition) is 2. The molecule has 0 unspecified atom stereocenters. The van der Waals surface area contributed by atoms with Gasteiger partial charge in [-0.3, -0.25) is 4.68 Å². The first kappa shape index (κ1) is 17.0. The van der Waals surface area contributed by atoms with Crippen molar-refractivity contribution in [3.05, 3.63) is 47.0 Å². The Kier molecular flexibility index (Phi) is 5.73. The lowest BCUT2D eigenvalue weighted by molar-refractivity contribution is 0.252. The Morgan fingerprint density at radius 1 is 1.35 bits per heavy atom. The largest absolute Gasteiger partial charge is 0.338 e. The van der Waals surface area contributed by atoms with E-state index in [2.05, 4.69) is 22.7 Å². The van der Waals surface area contributed by atoms with Crippen LogP contribution >= 0.6 is 0 Å². The Bertz CT molecular complexity index is 681. The molecule has 2 amide bonds. The van der Waals surface area contributed by atoms with Crippen LogP contribution in [0.2, 0.25) is 0 Å². The number of rotatable bonds is 6. The molecule has 0 radical (unpaired) electrons. The van der Waals surface area contributed by atoms with Gasteiger partial charge in [-0.15, -0.1) is 0 Å². The van der Waals surface area contributed by atoms with E-state index in [9.17, 15) is 9.18 Å². The lowest BCUT2D eigenvalue weighted by atomic mass is 10.2. The number of nitrogens with zero attached hydrogens (tertiary/aromatic N) is 2. The van der Waals surface area contributed by atoms with Gasteiger partial charge in [0.05, 0.1) is 23.6 Å². The summed E-state index contributed by atoms with van der Waals surface area (Å²) in [6, 6.07) is 6.20. The van der Waals surface area contributed by atoms with E-state index in [1.807, 2.05) is 19.9 Å². The summed E-state index contributed by atoms with van der Waals surface area (Å²) in [4.78, 5) is 11.9. The van der Waals surface area contributed by atoms with Crippen molar-refractivity contribution in [1.29, 1.82) is 0 Å². The average Bonchev–Trinajstić information content (AvgIpc) is 2.75. The summed E-state index contributed by atoms with van der Waals surface area (Å²) in [5.74, 6) is -0.266. The summed E-state index contributed by atoms with van der Waals surface area (Å²) in [5.41, 5.74) is 3.12. The third kappa shape index (κ3) is 4.55. The molecule has 124 valence electrons. The molecule has 2 rings (SSSR count). The molecule has 0 aliphatic rings. The zero-order chi connectivity index (χ0) is 16.8. The van der Waals surface area contributed by atoms with Crippen molar-refractivity contribution < 1.29 is 9.18 Å². The highest BCUT2D eigenvalue weighted by molar-refractivity contribution is 5.90. The van der Waals surface area contributed by atoms with Crippen molar-refractivity contribution in [2.75, 3.05) is 11.9 Å². The standard InChI is InChI=1S/C17H23FN4O/c1-4-5-9-19-17(23)20-16-12(2)21-22(13(16)3)11-14-7-6-8-15(18)10-14/h6-8,10H,4-5,9,11H2,1-3H3,(H2,19,20,23). The van der Waals surface area contributed by atoms with Crippen LogP contribution in [0.1, 0.15) is 36.7 Å². The Morgan fingerprint density at radius 3 is 2.83 bits per heavy atom. The summed E-state index contributed by atoms with van der Waals surface area (Å²) in [5, 5.41) is 10.1. The molecule has 0 saturated heterocycles. The van der Waals surface area contributed by atoms with Crippen LogP contribution in [0.4, 0.5) is 14.9 Å². The van der Waals surface area contributed by atoms with Crippen molar-refractivity contribution in [1.82, 2.24) is 15.1 Å². The fraction of sp³-hybridized carbons (Fsp3) is 0.412. The molecular weight excluding hydrogens is 295 g/mol. The quantitative estimate of drug-likeness (QED) is 0.799. The zero-order valence-electron chi connectivity index (χ0n) is 13.8. The molecule has 0 bridgehead atoms. The molecule has 0 aliphatic heterocycles. The molecule has 1 aromatic heterocycles. The number of carbonyl (C=O) groups excluding carboxylic acids is 1. The predicted molar refractivity (Wildman–Crippen MR) is 89.1 cm³/mol. The molecule has 1 aromatic carbocycles. The van der Waals surface area contributed by atoms with E-state index in [-0.39, 0.29) is 11.8 Å². The number of carbonyl (C=O) groups is 1. The highest BCUT2D eigenvalue weighted by Crippen LogP contribution is 2.20. The number of anilines is 1. The van der Waals surface area contributed by atoms with Crippen molar-refractivity contribution in [2.45, 2.75) is 40.2 Å². The fourth-order valence-corrected chi connectivity index (χ4v) is 2.38. The zero-order valence-corrected chi connectivity index (χ0v) is 13.8. The molecule has 2 N–H and O–H groups in total. The molecule has 0 saturated carbocycles. The van der Waals surface area contributed by atoms with E-state index >= 15 is 0 Å².